The van der Waals surface area contributed by atoms with Crippen LogP contribution in [0.5, 0.6) is 0 Å². The second kappa shape index (κ2) is 10.3. The first kappa shape index (κ1) is 23.3. The normalized spacial score (nSPS) is 28.2. The average molecular weight is 429 g/mol. The van der Waals surface area contributed by atoms with Crippen LogP contribution in [0.4, 0.5) is 22.0 Å². The largest absolute Gasteiger partial charge is 0.422 e. The van der Waals surface area contributed by atoms with E-state index in [1.807, 2.05) is 0 Å². The van der Waals surface area contributed by atoms with Gasteiger partial charge in [-0.3, -0.25) is 0 Å². The van der Waals surface area contributed by atoms with E-state index in [0.717, 1.165) is 56.1 Å². The van der Waals surface area contributed by atoms with Gasteiger partial charge in [0.2, 0.25) is 0 Å². The fraction of sp³-hybridized carbons (Fsp3) is 0.680. The summed E-state index contributed by atoms with van der Waals surface area (Å²) in [6, 6.07) is 1.80. The second-order valence-electron chi connectivity index (χ2n) is 9.21. The van der Waals surface area contributed by atoms with Crippen LogP contribution < -0.4 is 0 Å². The van der Waals surface area contributed by atoms with E-state index in [9.17, 15) is 22.0 Å². The van der Waals surface area contributed by atoms with E-state index in [1.165, 1.54) is 38.5 Å². The predicted octanol–water partition coefficient (Wildman–Crippen LogP) is 8.81. The maximum Gasteiger partial charge on any atom is 0.422 e. The van der Waals surface area contributed by atoms with E-state index in [2.05, 4.69) is 19.1 Å². The highest BCUT2D eigenvalue weighted by molar-refractivity contribution is 5.30. The molecule has 0 spiro atoms. The SMILES string of the molecule is CC/C=C/CC[C@H]1CC[C@H]([C@H]2CC[C@H](c3cc(F)c(C(F)(F)F)c(F)c3)CC2)CC1. The summed E-state index contributed by atoms with van der Waals surface area (Å²) in [4.78, 5) is 0. The summed E-state index contributed by atoms with van der Waals surface area (Å²) in [5.74, 6) is -0.828. The van der Waals surface area contributed by atoms with Gasteiger partial charge < -0.3 is 0 Å². The molecule has 0 aliphatic heterocycles. The Kier molecular flexibility index (Phi) is 7.98. The first-order valence-electron chi connectivity index (χ1n) is 11.5. The summed E-state index contributed by atoms with van der Waals surface area (Å²) < 4.78 is 66.2. The zero-order valence-electron chi connectivity index (χ0n) is 17.8. The minimum atomic E-state index is -5.00. The Morgan fingerprint density at radius 1 is 0.833 bits per heavy atom. The Bertz CT molecular complexity index is 682. The van der Waals surface area contributed by atoms with Crippen LogP contribution in [-0.4, -0.2) is 0 Å². The first-order valence-corrected chi connectivity index (χ1v) is 11.5. The molecule has 30 heavy (non-hydrogen) atoms. The molecule has 0 heterocycles. The highest BCUT2D eigenvalue weighted by Crippen LogP contribution is 2.45. The molecule has 0 nitrogen and oxygen atoms in total. The smallest absolute Gasteiger partial charge is 0.206 e. The monoisotopic (exact) mass is 428 g/mol. The van der Waals surface area contributed by atoms with Crippen molar-refractivity contribution in [2.45, 2.75) is 89.6 Å². The number of benzene rings is 1. The molecule has 2 saturated carbocycles. The van der Waals surface area contributed by atoms with Crippen molar-refractivity contribution in [2.75, 3.05) is 0 Å². The van der Waals surface area contributed by atoms with Crippen molar-refractivity contribution >= 4 is 0 Å². The summed E-state index contributed by atoms with van der Waals surface area (Å²) in [6.45, 7) is 2.15. The number of rotatable bonds is 6. The lowest BCUT2D eigenvalue weighted by Crippen LogP contribution is -2.25. The van der Waals surface area contributed by atoms with Crippen molar-refractivity contribution in [1.29, 1.82) is 0 Å². The zero-order chi connectivity index (χ0) is 21.7. The molecular formula is C25H33F5. The van der Waals surface area contributed by atoms with E-state index in [-0.39, 0.29) is 5.92 Å². The van der Waals surface area contributed by atoms with Crippen molar-refractivity contribution in [2.24, 2.45) is 17.8 Å². The van der Waals surface area contributed by atoms with Gasteiger partial charge in [-0.2, -0.15) is 13.2 Å². The molecule has 2 fully saturated rings. The van der Waals surface area contributed by atoms with Gasteiger partial charge in [0.15, 0.2) is 0 Å². The molecule has 0 aromatic heterocycles. The summed E-state index contributed by atoms with van der Waals surface area (Å²) in [5, 5.41) is 0. The maximum absolute atomic E-state index is 13.9. The molecule has 1 aromatic rings. The molecule has 0 saturated heterocycles. The Labute approximate surface area is 176 Å². The van der Waals surface area contributed by atoms with Crippen molar-refractivity contribution in [1.82, 2.24) is 0 Å². The lowest BCUT2D eigenvalue weighted by molar-refractivity contribution is -0.142. The second-order valence-corrected chi connectivity index (χ2v) is 9.21. The van der Waals surface area contributed by atoms with E-state index in [1.54, 1.807) is 0 Å². The summed E-state index contributed by atoms with van der Waals surface area (Å²) in [5.41, 5.74) is -1.40. The lowest BCUT2D eigenvalue weighted by atomic mass is 9.68. The number of hydrogen-bond donors (Lipinski definition) is 0. The third-order valence-electron chi connectivity index (χ3n) is 7.29. The Morgan fingerprint density at radius 3 is 1.87 bits per heavy atom. The average Bonchev–Trinajstić information content (AvgIpc) is 2.70. The molecule has 0 bridgehead atoms. The molecule has 3 rings (SSSR count). The van der Waals surface area contributed by atoms with Gasteiger partial charge in [0.05, 0.1) is 0 Å². The molecule has 168 valence electrons. The van der Waals surface area contributed by atoms with Crippen LogP contribution in [0.1, 0.15) is 94.6 Å². The van der Waals surface area contributed by atoms with Gasteiger partial charge in [-0.15, -0.1) is 0 Å². The van der Waals surface area contributed by atoms with Crippen molar-refractivity contribution in [3.63, 3.8) is 0 Å². The summed E-state index contributed by atoms with van der Waals surface area (Å²) in [6.07, 6.45) is 11.8. The van der Waals surface area contributed by atoms with Crippen LogP contribution in [0.25, 0.3) is 0 Å². The summed E-state index contributed by atoms with van der Waals surface area (Å²) in [7, 11) is 0. The molecule has 0 unspecified atom stereocenters. The van der Waals surface area contributed by atoms with Crippen molar-refractivity contribution < 1.29 is 22.0 Å². The predicted molar refractivity (Wildman–Crippen MR) is 110 cm³/mol. The maximum atomic E-state index is 13.9. The first-order chi connectivity index (χ1) is 14.3. The van der Waals surface area contributed by atoms with Crippen LogP contribution in [-0.2, 0) is 6.18 Å². The molecule has 0 radical (unpaired) electrons. The van der Waals surface area contributed by atoms with Gasteiger partial charge in [-0.25, -0.2) is 8.78 Å². The molecule has 2 aliphatic carbocycles. The van der Waals surface area contributed by atoms with Gasteiger partial charge in [0.25, 0.3) is 0 Å². The fourth-order valence-corrected chi connectivity index (χ4v) is 5.59. The molecule has 5 heteroatoms. The zero-order valence-corrected chi connectivity index (χ0v) is 17.8. The molecule has 0 amide bonds. The van der Waals surface area contributed by atoms with Gasteiger partial charge in [-0.05, 0) is 99.2 Å². The molecule has 0 N–H and O–H groups in total. The fourth-order valence-electron chi connectivity index (χ4n) is 5.59. The molecule has 2 aliphatic rings. The topological polar surface area (TPSA) is 0 Å². The van der Waals surface area contributed by atoms with Crippen LogP contribution in [0.3, 0.4) is 0 Å². The molecule has 0 atom stereocenters. The molecular weight excluding hydrogens is 395 g/mol. The third-order valence-corrected chi connectivity index (χ3v) is 7.29. The highest BCUT2D eigenvalue weighted by Gasteiger charge is 2.39. The Morgan fingerprint density at radius 2 is 1.37 bits per heavy atom. The van der Waals surface area contributed by atoms with E-state index in [0.29, 0.717) is 11.5 Å². The van der Waals surface area contributed by atoms with Gasteiger partial charge in [0, 0.05) is 0 Å². The molecule has 1 aromatic carbocycles. The van der Waals surface area contributed by atoms with Crippen LogP contribution in [0.2, 0.25) is 0 Å². The van der Waals surface area contributed by atoms with Crippen molar-refractivity contribution in [3.8, 4) is 0 Å². The van der Waals surface area contributed by atoms with E-state index < -0.39 is 23.4 Å². The number of halogens is 5. The highest BCUT2D eigenvalue weighted by atomic mass is 19.4. The quantitative estimate of drug-likeness (QED) is 0.314. The lowest BCUT2D eigenvalue weighted by Gasteiger charge is -2.38. The minimum absolute atomic E-state index is 0.0470. The summed E-state index contributed by atoms with van der Waals surface area (Å²) >= 11 is 0. The van der Waals surface area contributed by atoms with Crippen LogP contribution in [0.15, 0.2) is 24.3 Å². The number of hydrogen-bond acceptors (Lipinski definition) is 0. The van der Waals surface area contributed by atoms with E-state index >= 15 is 0 Å². The van der Waals surface area contributed by atoms with Crippen LogP contribution >= 0.6 is 0 Å². The number of allylic oxidation sites excluding steroid dienone is 2. The van der Waals surface area contributed by atoms with Crippen molar-refractivity contribution in [3.05, 3.63) is 47.0 Å². The number of alkyl halides is 3. The van der Waals surface area contributed by atoms with Gasteiger partial charge in [-0.1, -0.05) is 31.9 Å². The Balaban J connectivity index is 1.49. The van der Waals surface area contributed by atoms with Crippen LogP contribution in [0, 0.1) is 29.4 Å². The van der Waals surface area contributed by atoms with Gasteiger partial charge in [0.1, 0.15) is 17.2 Å². The Hall–Kier alpha value is -1.39. The third kappa shape index (κ3) is 5.85. The minimum Gasteiger partial charge on any atom is -0.206 e. The standard InChI is InChI=1S/C25H33F5/c1-2-3-4-5-6-17-7-9-18(10-8-17)19-11-13-20(14-12-19)21-15-22(26)24(23(27)16-21)25(28,29)30/h3-4,15-20H,2,5-14H2,1H3/b4-3+/t17-,18-,19-,20-. The van der Waals surface area contributed by atoms with E-state index in [4.69, 9.17) is 0 Å². The van der Waals surface area contributed by atoms with Gasteiger partial charge >= 0.3 is 6.18 Å².